The molecular formula is C12H7Cl2F5N4OS. The van der Waals surface area contributed by atoms with Crippen molar-refractivity contribution in [1.82, 2.24) is 9.78 Å². The molecule has 1 aromatic heterocycles. The molecule has 25 heavy (non-hydrogen) atoms. The fourth-order valence-corrected chi connectivity index (χ4v) is 3.13. The van der Waals surface area contributed by atoms with Crippen molar-refractivity contribution in [3.8, 4) is 5.69 Å². The van der Waals surface area contributed by atoms with Crippen molar-refractivity contribution >= 4 is 47.0 Å². The van der Waals surface area contributed by atoms with Crippen LogP contribution in [0.25, 0.3) is 5.69 Å². The van der Waals surface area contributed by atoms with E-state index in [1.165, 1.54) is 0 Å². The third-order valence-electron chi connectivity index (χ3n) is 2.84. The van der Waals surface area contributed by atoms with Crippen LogP contribution in [0.4, 0.5) is 27.8 Å². The third-order valence-corrected chi connectivity index (χ3v) is 4.25. The Hall–Kier alpha value is -1.72. The van der Waals surface area contributed by atoms with E-state index in [9.17, 15) is 22.0 Å². The van der Waals surface area contributed by atoms with Crippen LogP contribution in [-0.4, -0.2) is 27.0 Å². The second kappa shape index (κ2) is 7.26. The Morgan fingerprint density at radius 3 is 2.28 bits per heavy atom. The molecule has 1 aromatic carbocycles. The number of nitrogens with zero attached hydrogens (tertiary/aromatic N) is 3. The first-order valence-electron chi connectivity index (χ1n) is 6.13. The smallest absolute Gasteiger partial charge is 0.411 e. The Labute approximate surface area is 151 Å². The van der Waals surface area contributed by atoms with Crippen LogP contribution in [0.15, 0.2) is 22.2 Å². The lowest BCUT2D eigenvalue weighted by Gasteiger charge is -2.13. The fourth-order valence-electron chi connectivity index (χ4n) is 1.89. The van der Waals surface area contributed by atoms with E-state index < -0.39 is 27.5 Å². The lowest BCUT2D eigenvalue weighted by atomic mass is 10.2. The molecular weight excluding hydrogens is 414 g/mol. The molecule has 0 spiro atoms. The summed E-state index contributed by atoms with van der Waals surface area (Å²) >= 11 is 11.7. The van der Waals surface area contributed by atoms with E-state index in [2.05, 4.69) is 10.3 Å². The zero-order valence-corrected chi connectivity index (χ0v) is 14.1. The summed E-state index contributed by atoms with van der Waals surface area (Å²) in [5.74, 6) is -3.23. The second-order valence-electron chi connectivity index (χ2n) is 4.42. The molecule has 1 heterocycles. The number of nitrogens with two attached hydrogens (primary N) is 1. The number of hydrogen-bond acceptors (Lipinski definition) is 5. The van der Waals surface area contributed by atoms with Crippen molar-refractivity contribution < 1.29 is 27.2 Å². The molecule has 0 atom stereocenters. The average molecular weight is 421 g/mol. The standard InChI is InChI=1S/C12H7Cl2F5N4OS/c13-5-1-4(12(17,18)19)2-6(14)8(5)23-10(20)9(25-11(15)16)7(22-23)3-21-24/h1-3,11,24H,20H2/b21-3+. The van der Waals surface area contributed by atoms with Gasteiger partial charge in [0.1, 0.15) is 17.2 Å². The number of rotatable bonds is 4. The van der Waals surface area contributed by atoms with Crippen LogP contribution in [0.1, 0.15) is 11.3 Å². The van der Waals surface area contributed by atoms with Gasteiger partial charge in [-0.2, -0.15) is 27.1 Å². The Kier molecular flexibility index (Phi) is 5.69. The molecule has 136 valence electrons. The molecule has 2 aromatic rings. The maximum atomic E-state index is 12.8. The Balaban J connectivity index is 2.67. The first kappa shape index (κ1) is 19.6. The predicted octanol–water partition coefficient (Wildman–Crippen LogP) is 4.90. The van der Waals surface area contributed by atoms with Gasteiger partial charge in [-0.3, -0.25) is 0 Å². The van der Waals surface area contributed by atoms with Gasteiger partial charge in [0.15, 0.2) is 0 Å². The summed E-state index contributed by atoms with van der Waals surface area (Å²) in [5, 5.41) is 14.2. The quantitative estimate of drug-likeness (QED) is 0.242. The minimum absolute atomic E-state index is 0.0161. The monoisotopic (exact) mass is 420 g/mol. The van der Waals surface area contributed by atoms with E-state index in [0.29, 0.717) is 12.1 Å². The number of benzene rings is 1. The molecule has 0 aliphatic rings. The maximum Gasteiger partial charge on any atom is 0.416 e. The third kappa shape index (κ3) is 4.10. The van der Waals surface area contributed by atoms with Crippen LogP contribution in [0, 0.1) is 0 Å². The molecule has 0 bridgehead atoms. The van der Waals surface area contributed by atoms with E-state index in [1.54, 1.807) is 0 Å². The van der Waals surface area contributed by atoms with Crippen LogP contribution in [0.2, 0.25) is 10.0 Å². The van der Waals surface area contributed by atoms with E-state index in [4.69, 9.17) is 34.1 Å². The molecule has 3 N–H and O–H groups in total. The first-order valence-corrected chi connectivity index (χ1v) is 7.77. The first-order chi connectivity index (χ1) is 11.6. The summed E-state index contributed by atoms with van der Waals surface area (Å²) in [6.45, 7) is 0. The summed E-state index contributed by atoms with van der Waals surface area (Å²) in [7, 11) is 0. The van der Waals surface area contributed by atoms with Gasteiger partial charge in [0.25, 0.3) is 5.76 Å². The van der Waals surface area contributed by atoms with Gasteiger partial charge in [0.2, 0.25) is 0 Å². The minimum Gasteiger partial charge on any atom is -0.411 e. The molecule has 0 aliphatic carbocycles. The Morgan fingerprint density at radius 1 is 1.28 bits per heavy atom. The van der Waals surface area contributed by atoms with E-state index >= 15 is 0 Å². The van der Waals surface area contributed by atoms with Gasteiger partial charge in [-0.1, -0.05) is 28.4 Å². The number of nitrogen functional groups attached to an aromatic ring is 1. The highest BCUT2D eigenvalue weighted by Crippen LogP contribution is 2.40. The van der Waals surface area contributed by atoms with Crippen molar-refractivity contribution in [2.75, 3.05) is 5.73 Å². The van der Waals surface area contributed by atoms with E-state index in [1.807, 2.05) is 0 Å². The second-order valence-corrected chi connectivity index (χ2v) is 6.24. The van der Waals surface area contributed by atoms with Crippen molar-refractivity contribution in [2.45, 2.75) is 16.8 Å². The van der Waals surface area contributed by atoms with Gasteiger partial charge < -0.3 is 10.9 Å². The maximum absolute atomic E-state index is 12.8. The molecule has 0 aliphatic heterocycles. The Morgan fingerprint density at radius 2 is 1.84 bits per heavy atom. The highest BCUT2D eigenvalue weighted by atomic mass is 35.5. The summed E-state index contributed by atoms with van der Waals surface area (Å²) in [4.78, 5) is -0.250. The molecule has 2 rings (SSSR count). The zero-order chi connectivity index (χ0) is 18.9. The molecule has 0 amide bonds. The van der Waals surface area contributed by atoms with Gasteiger partial charge in [0, 0.05) is 0 Å². The van der Waals surface area contributed by atoms with E-state index in [0.717, 1.165) is 10.9 Å². The molecule has 0 unspecified atom stereocenters. The van der Waals surface area contributed by atoms with Crippen molar-refractivity contribution in [3.63, 3.8) is 0 Å². The average Bonchev–Trinajstić information content (AvgIpc) is 2.75. The van der Waals surface area contributed by atoms with Crippen LogP contribution < -0.4 is 5.73 Å². The van der Waals surface area contributed by atoms with Crippen LogP contribution >= 0.6 is 35.0 Å². The summed E-state index contributed by atoms with van der Waals surface area (Å²) in [6, 6.07) is 1.20. The number of hydrogen-bond donors (Lipinski definition) is 2. The number of halogens is 7. The van der Waals surface area contributed by atoms with Gasteiger partial charge >= 0.3 is 6.18 Å². The number of oxime groups is 1. The van der Waals surface area contributed by atoms with Crippen LogP contribution in [0.3, 0.4) is 0 Å². The Bertz CT molecular complexity index is 802. The number of aromatic nitrogens is 2. The zero-order valence-electron chi connectivity index (χ0n) is 11.7. The molecule has 0 radical (unpaired) electrons. The lowest BCUT2D eigenvalue weighted by Crippen LogP contribution is -2.08. The minimum atomic E-state index is -4.69. The van der Waals surface area contributed by atoms with Crippen molar-refractivity contribution in [2.24, 2.45) is 5.16 Å². The molecule has 0 fully saturated rings. The van der Waals surface area contributed by atoms with E-state index in [-0.39, 0.29) is 33.9 Å². The van der Waals surface area contributed by atoms with Crippen LogP contribution in [-0.2, 0) is 6.18 Å². The number of anilines is 1. The summed E-state index contributed by atoms with van der Waals surface area (Å²) in [5.41, 5.74) is 4.17. The number of alkyl halides is 5. The molecule has 5 nitrogen and oxygen atoms in total. The van der Waals surface area contributed by atoms with Gasteiger partial charge in [-0.25, -0.2) is 4.68 Å². The van der Waals surface area contributed by atoms with Crippen molar-refractivity contribution in [3.05, 3.63) is 33.4 Å². The highest BCUT2D eigenvalue weighted by molar-refractivity contribution is 7.99. The van der Waals surface area contributed by atoms with Gasteiger partial charge in [-0.15, -0.1) is 0 Å². The predicted molar refractivity (Wildman–Crippen MR) is 84.2 cm³/mol. The fraction of sp³-hybridized carbons (Fsp3) is 0.167. The SMILES string of the molecule is Nc1c(SC(F)F)c(/C=N/O)nn1-c1c(Cl)cc(C(F)(F)F)cc1Cl. The molecule has 0 saturated carbocycles. The largest absolute Gasteiger partial charge is 0.416 e. The lowest BCUT2D eigenvalue weighted by molar-refractivity contribution is -0.137. The summed E-state index contributed by atoms with van der Waals surface area (Å²) in [6.07, 6.45) is -3.95. The molecule has 0 saturated heterocycles. The van der Waals surface area contributed by atoms with Gasteiger partial charge in [0.05, 0.1) is 26.7 Å². The molecule has 13 heteroatoms. The van der Waals surface area contributed by atoms with Crippen molar-refractivity contribution in [1.29, 1.82) is 0 Å². The normalized spacial score (nSPS) is 12.5. The summed E-state index contributed by atoms with van der Waals surface area (Å²) < 4.78 is 64.5. The topological polar surface area (TPSA) is 76.4 Å². The van der Waals surface area contributed by atoms with Gasteiger partial charge in [-0.05, 0) is 23.9 Å². The number of thioether (sulfide) groups is 1. The highest BCUT2D eigenvalue weighted by Gasteiger charge is 2.33. The van der Waals surface area contributed by atoms with Crippen LogP contribution in [0.5, 0.6) is 0 Å².